The molecule has 0 amide bonds. The molecule has 2 nitrogen and oxygen atoms in total. The number of benzene rings is 1. The molecule has 0 fully saturated rings. The van der Waals surface area contributed by atoms with Crippen LogP contribution in [0.3, 0.4) is 0 Å². The Morgan fingerprint density at radius 3 is 3.08 bits per heavy atom. The highest BCUT2D eigenvalue weighted by atomic mass is 15.1. The zero-order valence-electron chi connectivity index (χ0n) is 7.12. The maximum absolute atomic E-state index is 5.67. The van der Waals surface area contributed by atoms with Crippen molar-refractivity contribution in [3.8, 4) is 0 Å². The van der Waals surface area contributed by atoms with E-state index in [0.717, 1.165) is 12.2 Å². The van der Waals surface area contributed by atoms with Crippen LogP contribution >= 0.6 is 0 Å². The summed E-state index contributed by atoms with van der Waals surface area (Å²) in [5, 5.41) is 0. The van der Waals surface area contributed by atoms with Crippen molar-refractivity contribution in [1.29, 1.82) is 0 Å². The van der Waals surface area contributed by atoms with Crippen molar-refractivity contribution in [3.05, 3.63) is 35.5 Å². The standard InChI is InChI=1S/C10H12N2/c1-12-5-4-8-6-10(11)3-2-9(8)7-12/h2-6H,7,11H2,1H3. The van der Waals surface area contributed by atoms with E-state index in [4.69, 9.17) is 5.73 Å². The van der Waals surface area contributed by atoms with E-state index < -0.39 is 0 Å². The summed E-state index contributed by atoms with van der Waals surface area (Å²) in [5.41, 5.74) is 9.09. The van der Waals surface area contributed by atoms with Crippen molar-refractivity contribution in [2.45, 2.75) is 6.54 Å². The molecule has 0 atom stereocenters. The smallest absolute Gasteiger partial charge is 0.0426 e. The fraction of sp³-hybridized carbons (Fsp3) is 0.200. The Morgan fingerprint density at radius 2 is 2.25 bits per heavy atom. The third-order valence-corrected chi connectivity index (χ3v) is 2.10. The molecule has 0 saturated heterocycles. The van der Waals surface area contributed by atoms with Crippen LogP contribution in [0.4, 0.5) is 5.69 Å². The molecule has 1 aliphatic rings. The first-order valence-electron chi connectivity index (χ1n) is 4.02. The van der Waals surface area contributed by atoms with Gasteiger partial charge in [-0.05, 0) is 35.5 Å². The van der Waals surface area contributed by atoms with Gasteiger partial charge < -0.3 is 10.6 Å². The van der Waals surface area contributed by atoms with E-state index in [0.29, 0.717) is 0 Å². The van der Waals surface area contributed by atoms with Gasteiger partial charge in [0.25, 0.3) is 0 Å². The van der Waals surface area contributed by atoms with E-state index in [1.165, 1.54) is 11.1 Å². The molecule has 1 aliphatic heterocycles. The second kappa shape index (κ2) is 2.55. The van der Waals surface area contributed by atoms with Gasteiger partial charge in [0.1, 0.15) is 0 Å². The van der Waals surface area contributed by atoms with Gasteiger partial charge in [-0.3, -0.25) is 0 Å². The van der Waals surface area contributed by atoms with Gasteiger partial charge in [0, 0.05) is 19.3 Å². The largest absolute Gasteiger partial charge is 0.399 e. The van der Waals surface area contributed by atoms with Crippen LogP contribution in [-0.2, 0) is 6.54 Å². The van der Waals surface area contributed by atoms with Gasteiger partial charge in [0.05, 0.1) is 0 Å². The monoisotopic (exact) mass is 160 g/mol. The van der Waals surface area contributed by atoms with Crippen molar-refractivity contribution in [1.82, 2.24) is 4.90 Å². The van der Waals surface area contributed by atoms with Gasteiger partial charge in [0.15, 0.2) is 0 Å². The molecule has 0 bridgehead atoms. The molecule has 2 heteroatoms. The van der Waals surface area contributed by atoms with Gasteiger partial charge in [-0.25, -0.2) is 0 Å². The van der Waals surface area contributed by atoms with E-state index in [-0.39, 0.29) is 0 Å². The summed E-state index contributed by atoms with van der Waals surface area (Å²) in [4.78, 5) is 2.15. The van der Waals surface area contributed by atoms with Crippen LogP contribution in [-0.4, -0.2) is 11.9 Å². The van der Waals surface area contributed by atoms with Crippen LogP contribution in [0.5, 0.6) is 0 Å². The van der Waals surface area contributed by atoms with Crippen LogP contribution in [0, 0.1) is 0 Å². The second-order valence-electron chi connectivity index (χ2n) is 3.19. The lowest BCUT2D eigenvalue weighted by molar-refractivity contribution is 0.448. The number of nitrogens with zero attached hydrogens (tertiary/aromatic N) is 1. The van der Waals surface area contributed by atoms with E-state index in [1.54, 1.807) is 0 Å². The van der Waals surface area contributed by atoms with Gasteiger partial charge in [-0.2, -0.15) is 0 Å². The first-order valence-corrected chi connectivity index (χ1v) is 4.02. The number of hydrogen-bond acceptors (Lipinski definition) is 2. The number of hydrogen-bond donors (Lipinski definition) is 1. The summed E-state index contributed by atoms with van der Waals surface area (Å²) in [6.07, 6.45) is 4.16. The summed E-state index contributed by atoms with van der Waals surface area (Å²) < 4.78 is 0. The Labute approximate surface area is 72.3 Å². The number of anilines is 1. The van der Waals surface area contributed by atoms with Crippen molar-refractivity contribution in [2.24, 2.45) is 0 Å². The highest BCUT2D eigenvalue weighted by Crippen LogP contribution is 2.20. The van der Waals surface area contributed by atoms with Gasteiger partial charge in [-0.15, -0.1) is 0 Å². The third-order valence-electron chi connectivity index (χ3n) is 2.10. The highest BCUT2D eigenvalue weighted by Gasteiger charge is 2.06. The van der Waals surface area contributed by atoms with Gasteiger partial charge in [-0.1, -0.05) is 6.07 Å². The SMILES string of the molecule is CN1C=Cc2cc(N)ccc2C1. The minimum atomic E-state index is 0.836. The maximum atomic E-state index is 5.67. The molecular weight excluding hydrogens is 148 g/mol. The molecule has 0 aromatic heterocycles. The third kappa shape index (κ3) is 1.16. The normalized spacial score (nSPS) is 14.6. The molecule has 1 aromatic rings. The maximum Gasteiger partial charge on any atom is 0.0426 e. The highest BCUT2D eigenvalue weighted by molar-refractivity contribution is 5.60. The number of fused-ring (bicyclic) bond motifs is 1. The Hall–Kier alpha value is -1.44. The zero-order chi connectivity index (χ0) is 8.55. The molecule has 12 heavy (non-hydrogen) atoms. The van der Waals surface area contributed by atoms with E-state index in [9.17, 15) is 0 Å². The molecule has 2 rings (SSSR count). The Balaban J connectivity index is 2.47. The van der Waals surface area contributed by atoms with Crippen molar-refractivity contribution in [2.75, 3.05) is 12.8 Å². The van der Waals surface area contributed by atoms with E-state index in [2.05, 4.69) is 30.3 Å². The minimum Gasteiger partial charge on any atom is -0.399 e. The Kier molecular flexibility index (Phi) is 1.54. The average molecular weight is 160 g/mol. The summed E-state index contributed by atoms with van der Waals surface area (Å²) >= 11 is 0. The lowest BCUT2D eigenvalue weighted by atomic mass is 10.0. The quantitative estimate of drug-likeness (QED) is 0.585. The predicted molar refractivity (Wildman–Crippen MR) is 51.4 cm³/mol. The summed E-state index contributed by atoms with van der Waals surface area (Å²) in [6.45, 7) is 0.978. The first kappa shape index (κ1) is 7.22. The van der Waals surface area contributed by atoms with Crippen LogP contribution < -0.4 is 5.73 Å². The molecule has 1 aromatic carbocycles. The van der Waals surface area contributed by atoms with Crippen LogP contribution in [0.15, 0.2) is 24.4 Å². The summed E-state index contributed by atoms with van der Waals surface area (Å²) in [6, 6.07) is 6.05. The number of nitrogen functional groups attached to an aromatic ring is 1. The lowest BCUT2D eigenvalue weighted by Gasteiger charge is -2.20. The fourth-order valence-electron chi connectivity index (χ4n) is 1.44. The van der Waals surface area contributed by atoms with Crippen molar-refractivity contribution < 1.29 is 0 Å². The molecule has 0 aliphatic carbocycles. The van der Waals surface area contributed by atoms with Crippen LogP contribution in [0.25, 0.3) is 6.08 Å². The predicted octanol–water partition coefficient (Wildman–Crippen LogP) is 1.68. The zero-order valence-corrected chi connectivity index (χ0v) is 7.12. The number of rotatable bonds is 0. The fourth-order valence-corrected chi connectivity index (χ4v) is 1.44. The molecule has 2 N–H and O–H groups in total. The number of nitrogens with two attached hydrogens (primary N) is 1. The molecular formula is C10H12N2. The van der Waals surface area contributed by atoms with Crippen molar-refractivity contribution in [3.63, 3.8) is 0 Å². The Morgan fingerprint density at radius 1 is 1.42 bits per heavy atom. The molecule has 0 radical (unpaired) electrons. The second-order valence-corrected chi connectivity index (χ2v) is 3.19. The first-order chi connectivity index (χ1) is 5.75. The summed E-state index contributed by atoms with van der Waals surface area (Å²) in [5.74, 6) is 0. The van der Waals surface area contributed by atoms with E-state index in [1.807, 2.05) is 12.1 Å². The molecule has 0 unspecified atom stereocenters. The average Bonchev–Trinajstić information content (AvgIpc) is 2.05. The van der Waals surface area contributed by atoms with Gasteiger partial charge in [0.2, 0.25) is 0 Å². The minimum absolute atomic E-state index is 0.836. The summed E-state index contributed by atoms with van der Waals surface area (Å²) in [7, 11) is 2.07. The van der Waals surface area contributed by atoms with Gasteiger partial charge >= 0.3 is 0 Å². The van der Waals surface area contributed by atoms with Crippen molar-refractivity contribution >= 4 is 11.8 Å². The lowest BCUT2D eigenvalue weighted by Crippen LogP contribution is -2.14. The molecule has 62 valence electrons. The topological polar surface area (TPSA) is 29.3 Å². The van der Waals surface area contributed by atoms with E-state index >= 15 is 0 Å². The molecule has 0 spiro atoms. The molecule has 1 heterocycles. The van der Waals surface area contributed by atoms with Crippen LogP contribution in [0.1, 0.15) is 11.1 Å². The molecule has 0 saturated carbocycles. The Bertz CT molecular complexity index is 329. The van der Waals surface area contributed by atoms with Crippen LogP contribution in [0.2, 0.25) is 0 Å².